The molecule has 0 unspecified atom stereocenters. The van der Waals surface area contributed by atoms with Crippen LogP contribution in [0.1, 0.15) is 6.42 Å². The van der Waals surface area contributed by atoms with E-state index >= 15 is 0 Å². The third-order valence-corrected chi connectivity index (χ3v) is 6.03. The Morgan fingerprint density at radius 1 is 1.14 bits per heavy atom. The molecule has 0 radical (unpaired) electrons. The van der Waals surface area contributed by atoms with Crippen molar-refractivity contribution in [1.29, 1.82) is 5.26 Å². The maximum Gasteiger partial charge on any atom is 0.243 e. The van der Waals surface area contributed by atoms with Gasteiger partial charge in [0.25, 0.3) is 0 Å². The standard InChI is InChI=1S/C13H15Cl2N3O2S/c14-12-3-2-11(10-13(12)15)21(19,20)18-8-6-17(7-9-18)5-1-4-16/h2-3,10H,1,5-9H2. The number of rotatable bonds is 4. The van der Waals surface area contributed by atoms with Crippen LogP contribution >= 0.6 is 23.2 Å². The van der Waals surface area contributed by atoms with Crippen LogP contribution in [0.4, 0.5) is 0 Å². The topological polar surface area (TPSA) is 64.4 Å². The first-order chi connectivity index (χ1) is 9.95. The van der Waals surface area contributed by atoms with Gasteiger partial charge in [0.15, 0.2) is 0 Å². The minimum absolute atomic E-state index is 0.155. The number of hydrogen-bond acceptors (Lipinski definition) is 4. The molecule has 0 atom stereocenters. The summed E-state index contributed by atoms with van der Waals surface area (Å²) in [5.74, 6) is 0. The SMILES string of the molecule is N#CCCN1CCN(S(=O)(=O)c2ccc(Cl)c(Cl)c2)CC1. The van der Waals surface area contributed by atoms with E-state index in [-0.39, 0.29) is 9.92 Å². The number of nitrogens with zero attached hydrogens (tertiary/aromatic N) is 3. The van der Waals surface area contributed by atoms with Gasteiger partial charge in [-0.15, -0.1) is 0 Å². The van der Waals surface area contributed by atoms with Crippen LogP contribution in [0.5, 0.6) is 0 Å². The number of halogens is 2. The van der Waals surface area contributed by atoms with Crippen molar-refractivity contribution in [3.8, 4) is 6.07 Å². The van der Waals surface area contributed by atoms with Crippen LogP contribution in [0.25, 0.3) is 0 Å². The zero-order valence-electron chi connectivity index (χ0n) is 11.3. The van der Waals surface area contributed by atoms with Gasteiger partial charge in [-0.2, -0.15) is 9.57 Å². The molecule has 21 heavy (non-hydrogen) atoms. The highest BCUT2D eigenvalue weighted by Gasteiger charge is 2.28. The largest absolute Gasteiger partial charge is 0.300 e. The molecule has 1 aromatic rings. The molecule has 0 spiro atoms. The smallest absolute Gasteiger partial charge is 0.243 e. The number of nitriles is 1. The fourth-order valence-corrected chi connectivity index (χ4v) is 4.00. The Labute approximate surface area is 134 Å². The van der Waals surface area contributed by atoms with E-state index in [2.05, 4.69) is 11.0 Å². The van der Waals surface area contributed by atoms with Crippen LogP contribution in [0.3, 0.4) is 0 Å². The molecule has 0 amide bonds. The van der Waals surface area contributed by atoms with E-state index in [0.29, 0.717) is 44.2 Å². The molecule has 114 valence electrons. The fraction of sp³-hybridized carbons (Fsp3) is 0.462. The summed E-state index contributed by atoms with van der Waals surface area (Å²) < 4.78 is 26.5. The van der Waals surface area contributed by atoms with E-state index in [4.69, 9.17) is 28.5 Å². The van der Waals surface area contributed by atoms with Gasteiger partial charge in [0.1, 0.15) is 0 Å². The van der Waals surface area contributed by atoms with Crippen molar-refractivity contribution in [2.75, 3.05) is 32.7 Å². The summed E-state index contributed by atoms with van der Waals surface area (Å²) in [5.41, 5.74) is 0. The van der Waals surface area contributed by atoms with E-state index in [1.807, 2.05) is 0 Å². The quantitative estimate of drug-likeness (QED) is 0.837. The van der Waals surface area contributed by atoms with Gasteiger partial charge in [-0.3, -0.25) is 4.90 Å². The van der Waals surface area contributed by atoms with Crippen LogP contribution in [-0.4, -0.2) is 50.3 Å². The molecular formula is C13H15Cl2N3O2S. The first-order valence-electron chi connectivity index (χ1n) is 6.49. The Balaban J connectivity index is 2.08. The summed E-state index contributed by atoms with van der Waals surface area (Å²) in [7, 11) is -3.55. The highest BCUT2D eigenvalue weighted by molar-refractivity contribution is 7.89. The lowest BCUT2D eigenvalue weighted by molar-refractivity contribution is 0.191. The van der Waals surface area contributed by atoms with Gasteiger partial charge >= 0.3 is 0 Å². The highest BCUT2D eigenvalue weighted by atomic mass is 35.5. The highest BCUT2D eigenvalue weighted by Crippen LogP contribution is 2.26. The second kappa shape index (κ2) is 6.95. The summed E-state index contributed by atoms with van der Waals surface area (Å²) in [5, 5.41) is 9.13. The molecule has 0 aliphatic carbocycles. The summed E-state index contributed by atoms with van der Waals surface area (Å²) in [6.45, 7) is 2.75. The molecular weight excluding hydrogens is 333 g/mol. The molecule has 1 aliphatic heterocycles. The van der Waals surface area contributed by atoms with Crippen molar-refractivity contribution >= 4 is 33.2 Å². The van der Waals surface area contributed by atoms with Crippen molar-refractivity contribution < 1.29 is 8.42 Å². The average Bonchev–Trinajstić information content (AvgIpc) is 2.48. The van der Waals surface area contributed by atoms with E-state index in [9.17, 15) is 8.42 Å². The van der Waals surface area contributed by atoms with Gasteiger partial charge in [0.2, 0.25) is 10.0 Å². The van der Waals surface area contributed by atoms with Gasteiger partial charge in [0, 0.05) is 39.1 Å². The molecule has 1 aliphatic rings. The first-order valence-corrected chi connectivity index (χ1v) is 8.69. The third kappa shape index (κ3) is 3.87. The Kier molecular flexibility index (Phi) is 5.47. The molecule has 1 fully saturated rings. The second-order valence-corrected chi connectivity index (χ2v) is 7.48. The van der Waals surface area contributed by atoms with Crippen LogP contribution < -0.4 is 0 Å². The Morgan fingerprint density at radius 3 is 2.38 bits per heavy atom. The maximum absolute atomic E-state index is 12.5. The van der Waals surface area contributed by atoms with E-state index in [1.54, 1.807) is 0 Å². The van der Waals surface area contributed by atoms with Crippen molar-refractivity contribution in [3.63, 3.8) is 0 Å². The number of benzene rings is 1. The van der Waals surface area contributed by atoms with Gasteiger partial charge in [-0.25, -0.2) is 8.42 Å². The molecule has 0 bridgehead atoms. The normalized spacial score (nSPS) is 17.6. The van der Waals surface area contributed by atoms with Crippen molar-refractivity contribution in [1.82, 2.24) is 9.21 Å². The van der Waals surface area contributed by atoms with Crippen LogP contribution in [0.2, 0.25) is 10.0 Å². The molecule has 1 aromatic carbocycles. The number of hydrogen-bond donors (Lipinski definition) is 0. The molecule has 1 heterocycles. The Bertz CT molecular complexity index is 650. The van der Waals surface area contributed by atoms with Crippen molar-refractivity contribution in [2.45, 2.75) is 11.3 Å². The summed E-state index contributed by atoms with van der Waals surface area (Å²) >= 11 is 11.7. The lowest BCUT2D eigenvalue weighted by Gasteiger charge is -2.33. The van der Waals surface area contributed by atoms with Crippen molar-refractivity contribution in [3.05, 3.63) is 28.2 Å². The van der Waals surface area contributed by atoms with Crippen molar-refractivity contribution in [2.24, 2.45) is 0 Å². The lowest BCUT2D eigenvalue weighted by atomic mass is 10.3. The molecule has 5 nitrogen and oxygen atoms in total. The average molecular weight is 348 g/mol. The molecule has 8 heteroatoms. The van der Waals surface area contributed by atoms with Gasteiger partial charge in [-0.1, -0.05) is 23.2 Å². The van der Waals surface area contributed by atoms with Gasteiger partial charge in [0.05, 0.1) is 21.0 Å². The van der Waals surface area contributed by atoms with Crippen LogP contribution in [-0.2, 0) is 10.0 Å². The molecule has 0 aromatic heterocycles. The number of sulfonamides is 1. The predicted molar refractivity (Wildman–Crippen MR) is 81.9 cm³/mol. The van der Waals surface area contributed by atoms with E-state index < -0.39 is 10.0 Å². The predicted octanol–water partition coefficient (Wildman–Crippen LogP) is 2.21. The van der Waals surface area contributed by atoms with Gasteiger partial charge in [-0.05, 0) is 18.2 Å². The van der Waals surface area contributed by atoms with Gasteiger partial charge < -0.3 is 0 Å². The number of piperazine rings is 1. The molecule has 0 saturated carbocycles. The maximum atomic E-state index is 12.5. The molecule has 1 saturated heterocycles. The Hall–Kier alpha value is -0.840. The fourth-order valence-electron chi connectivity index (χ4n) is 2.19. The van der Waals surface area contributed by atoms with E-state index in [0.717, 1.165) is 0 Å². The molecule has 0 N–H and O–H groups in total. The van der Waals surface area contributed by atoms with Crippen LogP contribution in [0, 0.1) is 11.3 Å². The lowest BCUT2D eigenvalue weighted by Crippen LogP contribution is -2.48. The zero-order chi connectivity index (χ0) is 15.5. The van der Waals surface area contributed by atoms with Crippen LogP contribution in [0.15, 0.2) is 23.1 Å². The minimum atomic E-state index is -3.55. The first kappa shape index (κ1) is 16.5. The minimum Gasteiger partial charge on any atom is -0.300 e. The van der Waals surface area contributed by atoms with E-state index in [1.165, 1.54) is 22.5 Å². The molecule has 2 rings (SSSR count). The second-order valence-electron chi connectivity index (χ2n) is 4.73. The summed E-state index contributed by atoms with van der Waals surface area (Å²) in [4.78, 5) is 2.24. The Morgan fingerprint density at radius 2 is 1.81 bits per heavy atom. The third-order valence-electron chi connectivity index (χ3n) is 3.40. The zero-order valence-corrected chi connectivity index (χ0v) is 13.6. The monoisotopic (exact) mass is 347 g/mol. The summed E-state index contributed by atoms with van der Waals surface area (Å²) in [6.07, 6.45) is 0.458. The summed E-state index contributed by atoms with van der Waals surface area (Å²) in [6, 6.07) is 6.42.